The van der Waals surface area contributed by atoms with Crippen molar-refractivity contribution >= 4 is 6.03 Å². The molecule has 0 aliphatic carbocycles. The van der Waals surface area contributed by atoms with Crippen molar-refractivity contribution in [2.45, 2.75) is 52.4 Å². The van der Waals surface area contributed by atoms with Crippen LogP contribution in [0.15, 0.2) is 0 Å². The Labute approximate surface area is 135 Å². The summed E-state index contributed by atoms with van der Waals surface area (Å²) in [6.45, 7) is 7.39. The van der Waals surface area contributed by atoms with Crippen molar-refractivity contribution in [2.75, 3.05) is 26.2 Å². The maximum absolute atomic E-state index is 12.6. The Bertz CT molecular complexity index is 431. The minimum atomic E-state index is 0.250. The first kappa shape index (κ1) is 16.8. The van der Waals surface area contributed by atoms with Gasteiger partial charge in [-0.3, -0.25) is 0 Å². The highest BCUT2D eigenvalue weighted by atomic mass is 16.2. The summed E-state index contributed by atoms with van der Waals surface area (Å²) in [6, 6.07) is 0.250. The van der Waals surface area contributed by atoms with Crippen molar-refractivity contribution in [3.63, 3.8) is 0 Å². The second kappa shape index (κ2) is 8.74. The number of hydrogen-bond acceptors (Lipinski definition) is 1. The van der Waals surface area contributed by atoms with Crippen molar-refractivity contribution in [2.24, 2.45) is 11.8 Å². The molecular formula is C19H28N2O. The molecule has 2 fully saturated rings. The summed E-state index contributed by atoms with van der Waals surface area (Å²) in [4.78, 5) is 16.7. The van der Waals surface area contributed by atoms with Gasteiger partial charge in [0.15, 0.2) is 0 Å². The zero-order chi connectivity index (χ0) is 15.8. The van der Waals surface area contributed by atoms with Crippen molar-refractivity contribution in [3.8, 4) is 23.7 Å². The van der Waals surface area contributed by atoms with E-state index in [1.165, 1.54) is 0 Å². The summed E-state index contributed by atoms with van der Waals surface area (Å²) < 4.78 is 0. The average molecular weight is 300 g/mol. The third-order valence-electron chi connectivity index (χ3n) is 4.91. The van der Waals surface area contributed by atoms with Gasteiger partial charge in [0, 0.05) is 39.0 Å². The molecule has 2 aliphatic rings. The van der Waals surface area contributed by atoms with Gasteiger partial charge in [0.05, 0.1) is 0 Å². The van der Waals surface area contributed by atoms with E-state index in [9.17, 15) is 4.79 Å². The minimum absolute atomic E-state index is 0.250. The highest BCUT2D eigenvalue weighted by molar-refractivity contribution is 5.74. The zero-order valence-corrected chi connectivity index (χ0v) is 14.0. The van der Waals surface area contributed by atoms with Gasteiger partial charge in [-0.1, -0.05) is 0 Å². The molecule has 120 valence electrons. The second-order valence-electron chi connectivity index (χ2n) is 6.41. The zero-order valence-electron chi connectivity index (χ0n) is 14.0. The average Bonchev–Trinajstić information content (AvgIpc) is 2.58. The first-order valence-electron chi connectivity index (χ1n) is 8.57. The van der Waals surface area contributed by atoms with Gasteiger partial charge < -0.3 is 9.80 Å². The predicted octanol–water partition coefficient (Wildman–Crippen LogP) is 3.36. The molecule has 0 saturated carbocycles. The number of likely N-dealkylation sites (tertiary alicyclic amines) is 2. The molecule has 3 nitrogen and oxygen atoms in total. The van der Waals surface area contributed by atoms with E-state index in [-0.39, 0.29) is 6.03 Å². The van der Waals surface area contributed by atoms with Gasteiger partial charge in [0.25, 0.3) is 0 Å². The maximum Gasteiger partial charge on any atom is 0.319 e. The van der Waals surface area contributed by atoms with Gasteiger partial charge in [0.2, 0.25) is 0 Å². The lowest BCUT2D eigenvalue weighted by Crippen LogP contribution is -2.49. The van der Waals surface area contributed by atoms with E-state index in [4.69, 9.17) is 0 Å². The molecule has 2 heterocycles. The Hall–Kier alpha value is -1.61. The molecule has 0 aromatic rings. The number of rotatable bonds is 2. The first-order valence-corrected chi connectivity index (χ1v) is 8.57. The van der Waals surface area contributed by atoms with Crippen LogP contribution in [0.4, 0.5) is 4.79 Å². The first-order chi connectivity index (χ1) is 10.7. The molecule has 2 rings (SSSR count). The Kier molecular flexibility index (Phi) is 6.66. The molecule has 0 radical (unpaired) electrons. The molecule has 3 heteroatoms. The van der Waals surface area contributed by atoms with Gasteiger partial charge >= 0.3 is 6.03 Å². The third kappa shape index (κ3) is 4.70. The van der Waals surface area contributed by atoms with E-state index >= 15 is 0 Å². The minimum Gasteiger partial charge on any atom is -0.325 e. The van der Waals surface area contributed by atoms with Crippen LogP contribution in [-0.2, 0) is 0 Å². The summed E-state index contributed by atoms with van der Waals surface area (Å²) in [6.07, 6.45) is 6.38. The summed E-state index contributed by atoms with van der Waals surface area (Å²) in [5.41, 5.74) is 0. The number of amides is 2. The molecule has 0 N–H and O–H groups in total. The van der Waals surface area contributed by atoms with Gasteiger partial charge in [-0.15, -0.1) is 23.7 Å². The smallest absolute Gasteiger partial charge is 0.319 e. The largest absolute Gasteiger partial charge is 0.325 e. The Morgan fingerprint density at radius 1 is 0.818 bits per heavy atom. The Balaban J connectivity index is 1.73. The van der Waals surface area contributed by atoms with Crippen LogP contribution >= 0.6 is 0 Å². The molecule has 0 unspecified atom stereocenters. The van der Waals surface area contributed by atoms with Gasteiger partial charge in [-0.05, 0) is 51.4 Å². The van der Waals surface area contributed by atoms with Gasteiger partial charge in [-0.2, -0.15) is 0 Å². The number of urea groups is 1. The Morgan fingerprint density at radius 2 is 1.18 bits per heavy atom. The van der Waals surface area contributed by atoms with E-state index in [0.29, 0.717) is 11.8 Å². The predicted molar refractivity (Wildman–Crippen MR) is 90.1 cm³/mol. The molecule has 2 saturated heterocycles. The van der Waals surface area contributed by atoms with E-state index < -0.39 is 0 Å². The fourth-order valence-electron chi connectivity index (χ4n) is 3.35. The van der Waals surface area contributed by atoms with Crippen LogP contribution in [0.25, 0.3) is 0 Å². The van der Waals surface area contributed by atoms with Crippen LogP contribution in [0, 0.1) is 35.5 Å². The number of carbonyl (C=O) groups is 1. The maximum atomic E-state index is 12.6. The van der Waals surface area contributed by atoms with Crippen molar-refractivity contribution < 1.29 is 4.79 Å². The SMILES string of the molecule is CC#CCC1CCN(C(=O)N2CCC(CC#CC)CC2)CC1. The molecule has 0 aromatic heterocycles. The van der Waals surface area contributed by atoms with E-state index in [1.54, 1.807) is 0 Å². The second-order valence-corrected chi connectivity index (χ2v) is 6.41. The van der Waals surface area contributed by atoms with Gasteiger partial charge in [-0.25, -0.2) is 4.79 Å². The van der Waals surface area contributed by atoms with Crippen LogP contribution in [0.5, 0.6) is 0 Å². The summed E-state index contributed by atoms with van der Waals surface area (Å²) in [5, 5.41) is 0. The molecule has 2 amide bonds. The lowest BCUT2D eigenvalue weighted by molar-refractivity contribution is 0.117. The van der Waals surface area contributed by atoms with Crippen LogP contribution in [-0.4, -0.2) is 42.0 Å². The molecule has 0 atom stereocenters. The highest BCUT2D eigenvalue weighted by Crippen LogP contribution is 2.24. The van der Waals surface area contributed by atoms with Crippen LogP contribution in [0.3, 0.4) is 0 Å². The number of nitrogens with zero attached hydrogens (tertiary/aromatic N) is 2. The van der Waals surface area contributed by atoms with E-state index in [1.807, 2.05) is 23.6 Å². The quantitative estimate of drug-likeness (QED) is 0.717. The highest BCUT2D eigenvalue weighted by Gasteiger charge is 2.28. The lowest BCUT2D eigenvalue weighted by Gasteiger charge is -2.38. The van der Waals surface area contributed by atoms with Crippen molar-refractivity contribution in [1.82, 2.24) is 9.80 Å². The normalized spacial score (nSPS) is 19.9. The van der Waals surface area contributed by atoms with Crippen LogP contribution < -0.4 is 0 Å². The molecule has 2 aliphatic heterocycles. The molecular weight excluding hydrogens is 272 g/mol. The van der Waals surface area contributed by atoms with E-state index in [0.717, 1.165) is 64.7 Å². The molecule has 0 spiro atoms. The van der Waals surface area contributed by atoms with Gasteiger partial charge in [0.1, 0.15) is 0 Å². The van der Waals surface area contributed by atoms with Crippen LogP contribution in [0.1, 0.15) is 52.4 Å². The fraction of sp³-hybridized carbons (Fsp3) is 0.737. The number of carbonyl (C=O) groups excluding carboxylic acids is 1. The molecule has 0 aromatic carbocycles. The number of hydrogen-bond donors (Lipinski definition) is 0. The fourth-order valence-corrected chi connectivity index (χ4v) is 3.35. The summed E-state index contributed by atoms with van der Waals surface area (Å²) in [5.74, 6) is 13.6. The molecule has 22 heavy (non-hydrogen) atoms. The van der Waals surface area contributed by atoms with E-state index in [2.05, 4.69) is 23.7 Å². The third-order valence-corrected chi connectivity index (χ3v) is 4.91. The van der Waals surface area contributed by atoms with Crippen molar-refractivity contribution in [1.29, 1.82) is 0 Å². The molecule has 0 bridgehead atoms. The monoisotopic (exact) mass is 300 g/mol. The Morgan fingerprint density at radius 3 is 1.50 bits per heavy atom. The topological polar surface area (TPSA) is 23.6 Å². The lowest BCUT2D eigenvalue weighted by atomic mass is 9.93. The number of piperidine rings is 2. The summed E-state index contributed by atoms with van der Waals surface area (Å²) >= 11 is 0. The van der Waals surface area contributed by atoms with Crippen molar-refractivity contribution in [3.05, 3.63) is 0 Å². The van der Waals surface area contributed by atoms with Crippen LogP contribution in [0.2, 0.25) is 0 Å². The summed E-state index contributed by atoms with van der Waals surface area (Å²) in [7, 11) is 0. The standard InChI is InChI=1S/C19H28N2O/c1-3-5-7-17-9-13-20(14-10-17)19(22)21-15-11-18(12-16-21)8-6-4-2/h17-18H,7-16H2,1-2H3.